The molecule has 0 saturated carbocycles. The van der Waals surface area contributed by atoms with Crippen LogP contribution in [0.3, 0.4) is 0 Å². The van der Waals surface area contributed by atoms with Crippen molar-refractivity contribution >= 4 is 5.91 Å². The molecule has 4 aliphatic heterocycles. The summed E-state index contributed by atoms with van der Waals surface area (Å²) in [5.41, 5.74) is 0.710. The summed E-state index contributed by atoms with van der Waals surface area (Å²) in [6.07, 6.45) is 1.35. The van der Waals surface area contributed by atoms with Crippen molar-refractivity contribution in [3.05, 3.63) is 65.5 Å². The fourth-order valence-electron chi connectivity index (χ4n) is 5.51. The first kappa shape index (κ1) is 18.6. The number of rotatable bonds is 2. The fourth-order valence-corrected chi connectivity index (χ4v) is 5.51. The zero-order chi connectivity index (χ0) is 20.2. The number of carbonyl (C=O) groups is 1. The van der Waals surface area contributed by atoms with Crippen molar-refractivity contribution in [2.24, 2.45) is 5.92 Å². The topological polar surface area (TPSA) is 36.4 Å². The lowest BCUT2D eigenvalue weighted by Gasteiger charge is -2.51. The number of benzene rings is 1. The maximum Gasteiger partial charge on any atom is 0.416 e. The van der Waals surface area contributed by atoms with E-state index in [1.165, 1.54) is 12.1 Å². The normalized spacial score (nSPS) is 31.0. The second-order valence-corrected chi connectivity index (χ2v) is 8.28. The molecule has 3 atom stereocenters. The molecule has 152 valence electrons. The molecule has 2 aromatic rings. The summed E-state index contributed by atoms with van der Waals surface area (Å²) in [6, 6.07) is 8.94. The number of fused-ring (bicyclic) bond motifs is 2. The number of carbonyl (C=O) groups excluding carboxylic acids is 1. The van der Waals surface area contributed by atoms with Gasteiger partial charge in [0.2, 0.25) is 0 Å². The Kier molecular flexibility index (Phi) is 4.38. The van der Waals surface area contributed by atoms with Crippen LogP contribution in [0.25, 0.3) is 0 Å². The molecule has 4 aliphatic rings. The van der Waals surface area contributed by atoms with Gasteiger partial charge in [-0.05, 0) is 67.7 Å². The van der Waals surface area contributed by atoms with Crippen molar-refractivity contribution in [3.63, 3.8) is 0 Å². The number of hydrogen-bond donors (Lipinski definition) is 0. The Labute approximate surface area is 167 Å². The summed E-state index contributed by atoms with van der Waals surface area (Å²) in [5.74, 6) is 0.453. The van der Waals surface area contributed by atoms with Crippen LogP contribution in [0, 0.1) is 5.92 Å². The summed E-state index contributed by atoms with van der Waals surface area (Å²) >= 11 is 0. The summed E-state index contributed by atoms with van der Waals surface area (Å²) in [6.45, 7) is 2.67. The molecular weight excluding hydrogens is 379 g/mol. The number of piperidine rings is 3. The molecule has 4 saturated heterocycles. The summed E-state index contributed by atoms with van der Waals surface area (Å²) in [4.78, 5) is 22.0. The van der Waals surface area contributed by atoms with Gasteiger partial charge in [0, 0.05) is 36.5 Å². The Morgan fingerprint density at radius 3 is 2.38 bits per heavy atom. The molecule has 6 rings (SSSR count). The van der Waals surface area contributed by atoms with Gasteiger partial charge in [-0.25, -0.2) is 0 Å². The van der Waals surface area contributed by atoms with E-state index in [4.69, 9.17) is 0 Å². The number of pyridine rings is 1. The third kappa shape index (κ3) is 3.12. The predicted octanol–water partition coefficient (Wildman–Crippen LogP) is 3.80. The van der Waals surface area contributed by atoms with E-state index >= 15 is 0 Å². The first-order chi connectivity index (χ1) is 13.9. The van der Waals surface area contributed by atoms with Crippen LogP contribution >= 0.6 is 0 Å². The van der Waals surface area contributed by atoms with Crippen molar-refractivity contribution < 1.29 is 18.0 Å². The molecule has 0 N–H and O–H groups in total. The molecule has 1 aromatic carbocycles. The Hall–Kier alpha value is -2.41. The molecule has 3 unspecified atom stereocenters. The summed E-state index contributed by atoms with van der Waals surface area (Å²) < 4.78 is 38.6. The molecule has 1 aromatic heterocycles. The highest BCUT2D eigenvalue weighted by molar-refractivity contribution is 5.95. The van der Waals surface area contributed by atoms with Crippen molar-refractivity contribution in [2.45, 2.75) is 37.0 Å². The van der Waals surface area contributed by atoms with E-state index in [0.717, 1.165) is 43.6 Å². The monoisotopic (exact) mass is 401 g/mol. The van der Waals surface area contributed by atoms with Crippen molar-refractivity contribution in [1.82, 2.24) is 14.8 Å². The molecule has 0 spiro atoms. The average molecular weight is 401 g/mol. The van der Waals surface area contributed by atoms with Crippen molar-refractivity contribution in [1.29, 1.82) is 0 Å². The van der Waals surface area contributed by atoms with Gasteiger partial charge in [-0.1, -0.05) is 6.07 Å². The van der Waals surface area contributed by atoms with Gasteiger partial charge in [-0.2, -0.15) is 13.2 Å². The molecule has 7 heteroatoms. The first-order valence-electron chi connectivity index (χ1n) is 10.1. The van der Waals surface area contributed by atoms with Gasteiger partial charge in [0.25, 0.3) is 5.91 Å². The van der Waals surface area contributed by atoms with E-state index in [0.29, 0.717) is 18.0 Å². The molecule has 4 nitrogen and oxygen atoms in total. The number of alkyl halides is 3. The van der Waals surface area contributed by atoms with Crippen LogP contribution in [0.1, 0.15) is 40.2 Å². The summed E-state index contributed by atoms with van der Waals surface area (Å²) in [7, 11) is 0. The molecule has 0 radical (unpaired) electrons. The number of aromatic nitrogens is 1. The minimum Gasteiger partial charge on any atom is -0.333 e. The van der Waals surface area contributed by atoms with E-state index in [1.807, 2.05) is 17.2 Å². The number of halogens is 3. The lowest BCUT2D eigenvalue weighted by molar-refractivity contribution is -0.137. The lowest BCUT2D eigenvalue weighted by Crippen LogP contribution is -2.60. The standard InChI is InChI=1S/C22H22F3N3O/c23-22(24,25)17-5-3-15(4-6-17)21(29)28-13-18(16-2-1-9-26-12-16)20-19(28)14-7-10-27(20)11-8-14/h1-6,9,12,14,18-20H,7-8,10-11,13H2. The molecule has 29 heavy (non-hydrogen) atoms. The number of likely N-dealkylation sites (tertiary alicyclic amines) is 1. The highest BCUT2D eigenvalue weighted by atomic mass is 19.4. The molecule has 2 bridgehead atoms. The quantitative estimate of drug-likeness (QED) is 0.768. The molecule has 5 heterocycles. The zero-order valence-corrected chi connectivity index (χ0v) is 15.8. The molecular formula is C22H22F3N3O. The van der Waals surface area contributed by atoms with Gasteiger partial charge in [-0.3, -0.25) is 14.7 Å². The lowest BCUT2D eigenvalue weighted by atomic mass is 9.75. The Balaban J connectivity index is 1.47. The van der Waals surface area contributed by atoms with Gasteiger partial charge in [0.15, 0.2) is 0 Å². The van der Waals surface area contributed by atoms with Gasteiger partial charge in [0.05, 0.1) is 11.6 Å². The SMILES string of the molecule is O=C(c1ccc(C(F)(F)F)cc1)N1CC(c2cccnc2)C2C1C1CCN2CC1. The van der Waals surface area contributed by atoms with Crippen LogP contribution in [0.5, 0.6) is 0 Å². The van der Waals surface area contributed by atoms with E-state index in [1.54, 1.807) is 6.20 Å². The maximum absolute atomic E-state index is 13.3. The van der Waals surface area contributed by atoms with Crippen molar-refractivity contribution in [3.8, 4) is 0 Å². The average Bonchev–Trinajstić information content (AvgIpc) is 3.17. The van der Waals surface area contributed by atoms with Crippen LogP contribution in [-0.4, -0.2) is 52.4 Å². The second kappa shape index (κ2) is 6.83. The molecule has 0 aliphatic carbocycles. The fraction of sp³-hybridized carbons (Fsp3) is 0.455. The van der Waals surface area contributed by atoms with E-state index in [2.05, 4.69) is 16.0 Å². The third-order valence-corrected chi connectivity index (χ3v) is 6.83. The highest BCUT2D eigenvalue weighted by Gasteiger charge is 2.54. The first-order valence-corrected chi connectivity index (χ1v) is 10.1. The number of hydrogen-bond acceptors (Lipinski definition) is 3. The van der Waals surface area contributed by atoms with Crippen LogP contribution < -0.4 is 0 Å². The highest BCUT2D eigenvalue weighted by Crippen LogP contribution is 2.46. The van der Waals surface area contributed by atoms with E-state index in [9.17, 15) is 18.0 Å². The Bertz CT molecular complexity index is 892. The Morgan fingerprint density at radius 1 is 1.03 bits per heavy atom. The predicted molar refractivity (Wildman–Crippen MR) is 101 cm³/mol. The minimum absolute atomic E-state index is 0.109. The maximum atomic E-state index is 13.3. The smallest absolute Gasteiger partial charge is 0.333 e. The van der Waals surface area contributed by atoms with Gasteiger partial charge >= 0.3 is 6.18 Å². The van der Waals surface area contributed by atoms with Gasteiger partial charge in [-0.15, -0.1) is 0 Å². The van der Waals surface area contributed by atoms with Gasteiger partial charge < -0.3 is 4.90 Å². The van der Waals surface area contributed by atoms with Crippen LogP contribution in [0.2, 0.25) is 0 Å². The zero-order valence-electron chi connectivity index (χ0n) is 15.8. The minimum atomic E-state index is -4.40. The van der Waals surface area contributed by atoms with E-state index < -0.39 is 11.7 Å². The molecule has 1 amide bonds. The van der Waals surface area contributed by atoms with Gasteiger partial charge in [0.1, 0.15) is 0 Å². The van der Waals surface area contributed by atoms with Crippen LogP contribution in [0.15, 0.2) is 48.8 Å². The largest absolute Gasteiger partial charge is 0.416 e. The molecule has 4 fully saturated rings. The Morgan fingerprint density at radius 2 is 1.76 bits per heavy atom. The number of nitrogens with zero attached hydrogens (tertiary/aromatic N) is 3. The van der Waals surface area contributed by atoms with Crippen LogP contribution in [-0.2, 0) is 6.18 Å². The van der Waals surface area contributed by atoms with Crippen molar-refractivity contribution in [2.75, 3.05) is 19.6 Å². The summed E-state index contributed by atoms with van der Waals surface area (Å²) in [5, 5.41) is 0. The number of amides is 1. The van der Waals surface area contributed by atoms with E-state index in [-0.39, 0.29) is 23.9 Å². The second-order valence-electron chi connectivity index (χ2n) is 8.28. The third-order valence-electron chi connectivity index (χ3n) is 6.83. The van der Waals surface area contributed by atoms with Crippen LogP contribution in [0.4, 0.5) is 13.2 Å².